The highest BCUT2D eigenvalue weighted by molar-refractivity contribution is 5.78. The van der Waals surface area contributed by atoms with Gasteiger partial charge in [-0.25, -0.2) is 4.98 Å². The van der Waals surface area contributed by atoms with Gasteiger partial charge in [0.1, 0.15) is 19.0 Å². The number of hydrogen-bond acceptors (Lipinski definition) is 7. The number of pyridine rings is 1. The molecule has 0 unspecified atom stereocenters. The molecule has 0 saturated carbocycles. The molecule has 1 aliphatic rings. The molecule has 1 amide bonds. The highest BCUT2D eigenvalue weighted by Crippen LogP contribution is 2.27. The van der Waals surface area contributed by atoms with Crippen molar-refractivity contribution in [2.24, 2.45) is 0 Å². The summed E-state index contributed by atoms with van der Waals surface area (Å²) in [6, 6.07) is 9.74. The van der Waals surface area contributed by atoms with Crippen LogP contribution < -0.4 is 0 Å². The molecular weight excluding hydrogens is 408 g/mol. The first-order chi connectivity index (χ1) is 15.7. The van der Waals surface area contributed by atoms with Crippen LogP contribution in [0.15, 0.2) is 47.2 Å². The Balaban J connectivity index is 1.16. The average Bonchev–Trinajstić information content (AvgIpc) is 3.47. The molecule has 1 aromatic carbocycles. The summed E-state index contributed by atoms with van der Waals surface area (Å²) in [4.78, 5) is 30.9. The SMILES string of the molecule is Cc1ccc2nc(COCC(=O)N3CCC[C@@H](c4noc(-c5cccnc5)n4)C3)[nH]c2c1. The molecule has 1 N–H and O–H groups in total. The van der Waals surface area contributed by atoms with Crippen molar-refractivity contribution in [1.82, 2.24) is 30.0 Å². The highest BCUT2D eigenvalue weighted by Gasteiger charge is 2.28. The Morgan fingerprint density at radius 2 is 2.25 bits per heavy atom. The van der Waals surface area contributed by atoms with Gasteiger partial charge in [0.05, 0.1) is 16.6 Å². The van der Waals surface area contributed by atoms with Crippen LogP contribution >= 0.6 is 0 Å². The fraction of sp³-hybridized carbons (Fsp3) is 0.348. The molecule has 1 aliphatic heterocycles. The fourth-order valence-electron chi connectivity index (χ4n) is 3.99. The van der Waals surface area contributed by atoms with E-state index in [1.54, 1.807) is 12.4 Å². The van der Waals surface area contributed by atoms with E-state index >= 15 is 0 Å². The van der Waals surface area contributed by atoms with Crippen molar-refractivity contribution in [2.45, 2.75) is 32.3 Å². The lowest BCUT2D eigenvalue weighted by Gasteiger charge is -2.31. The van der Waals surface area contributed by atoms with Crippen LogP contribution in [0.5, 0.6) is 0 Å². The van der Waals surface area contributed by atoms with Crippen LogP contribution in [0, 0.1) is 6.92 Å². The van der Waals surface area contributed by atoms with Gasteiger partial charge >= 0.3 is 0 Å². The first kappa shape index (κ1) is 20.3. The van der Waals surface area contributed by atoms with Crippen molar-refractivity contribution in [3.05, 3.63) is 59.9 Å². The van der Waals surface area contributed by atoms with Crippen molar-refractivity contribution in [1.29, 1.82) is 0 Å². The Hall–Kier alpha value is -3.59. The van der Waals surface area contributed by atoms with Crippen molar-refractivity contribution in [3.8, 4) is 11.5 Å². The van der Waals surface area contributed by atoms with Crippen molar-refractivity contribution >= 4 is 16.9 Å². The third kappa shape index (κ3) is 4.38. The molecule has 9 heteroatoms. The first-order valence-electron chi connectivity index (χ1n) is 10.7. The van der Waals surface area contributed by atoms with Crippen LogP contribution in [0.3, 0.4) is 0 Å². The van der Waals surface area contributed by atoms with Crippen LogP contribution in [-0.4, -0.2) is 55.6 Å². The second kappa shape index (κ2) is 8.88. The molecule has 164 valence electrons. The van der Waals surface area contributed by atoms with Gasteiger partial charge in [-0.2, -0.15) is 4.98 Å². The molecule has 1 fully saturated rings. The maximum absolute atomic E-state index is 12.7. The van der Waals surface area contributed by atoms with Gasteiger partial charge in [-0.3, -0.25) is 9.78 Å². The smallest absolute Gasteiger partial charge is 0.259 e. The monoisotopic (exact) mass is 432 g/mol. The number of H-pyrrole nitrogens is 1. The van der Waals surface area contributed by atoms with Crippen molar-refractivity contribution in [3.63, 3.8) is 0 Å². The second-order valence-corrected chi connectivity index (χ2v) is 8.08. The van der Waals surface area contributed by atoms with Gasteiger partial charge in [0.15, 0.2) is 5.82 Å². The Labute approximate surface area is 184 Å². The first-order valence-corrected chi connectivity index (χ1v) is 10.7. The maximum atomic E-state index is 12.7. The van der Waals surface area contributed by atoms with E-state index in [-0.39, 0.29) is 25.0 Å². The molecule has 0 spiro atoms. The van der Waals surface area contributed by atoms with E-state index in [1.807, 2.05) is 42.2 Å². The normalized spacial score (nSPS) is 16.5. The summed E-state index contributed by atoms with van der Waals surface area (Å²) < 4.78 is 11.1. The molecule has 3 aromatic heterocycles. The number of nitrogens with one attached hydrogen (secondary N) is 1. The van der Waals surface area contributed by atoms with Crippen LogP contribution in [0.25, 0.3) is 22.5 Å². The van der Waals surface area contributed by atoms with Crippen molar-refractivity contribution < 1.29 is 14.1 Å². The molecular formula is C23H24N6O3. The van der Waals surface area contributed by atoms with E-state index in [1.165, 1.54) is 0 Å². The third-order valence-electron chi connectivity index (χ3n) is 5.64. The number of carbonyl (C=O) groups excluding carboxylic acids is 1. The number of hydrogen-bond donors (Lipinski definition) is 1. The molecule has 0 bridgehead atoms. The van der Waals surface area contributed by atoms with Gasteiger partial charge in [0.25, 0.3) is 5.89 Å². The van der Waals surface area contributed by atoms with E-state index in [0.717, 1.165) is 35.0 Å². The zero-order valence-electron chi connectivity index (χ0n) is 17.8. The number of benzene rings is 1. The number of aryl methyl sites for hydroxylation is 1. The zero-order chi connectivity index (χ0) is 21.9. The van der Waals surface area contributed by atoms with E-state index < -0.39 is 0 Å². The number of fused-ring (bicyclic) bond motifs is 1. The lowest BCUT2D eigenvalue weighted by atomic mass is 9.97. The van der Waals surface area contributed by atoms with Crippen molar-refractivity contribution in [2.75, 3.05) is 19.7 Å². The number of carbonyl (C=O) groups is 1. The van der Waals surface area contributed by atoms with E-state index in [2.05, 4.69) is 25.1 Å². The summed E-state index contributed by atoms with van der Waals surface area (Å²) in [6.07, 6.45) is 5.18. The number of aromatic amines is 1. The van der Waals surface area contributed by atoms with Crippen LogP contribution in [-0.2, 0) is 16.1 Å². The Morgan fingerprint density at radius 1 is 1.31 bits per heavy atom. The highest BCUT2D eigenvalue weighted by atomic mass is 16.5. The molecule has 1 saturated heterocycles. The molecule has 0 aliphatic carbocycles. The minimum atomic E-state index is -0.0439. The molecule has 32 heavy (non-hydrogen) atoms. The number of rotatable bonds is 6. The summed E-state index contributed by atoms with van der Waals surface area (Å²) >= 11 is 0. The number of nitrogens with zero attached hydrogens (tertiary/aromatic N) is 5. The molecule has 4 aromatic rings. The largest absolute Gasteiger partial charge is 0.364 e. The summed E-state index contributed by atoms with van der Waals surface area (Å²) in [7, 11) is 0. The number of aromatic nitrogens is 5. The Kier molecular flexibility index (Phi) is 5.64. The lowest BCUT2D eigenvalue weighted by Crippen LogP contribution is -2.41. The fourth-order valence-corrected chi connectivity index (χ4v) is 3.99. The van der Waals surface area contributed by atoms with Crippen LogP contribution in [0.4, 0.5) is 0 Å². The standard InChI is InChI=1S/C23H24N6O3/c1-15-6-7-18-19(10-15)26-20(25-18)13-31-14-21(30)29-9-3-5-17(12-29)22-27-23(32-28-22)16-4-2-8-24-11-16/h2,4,6-8,10-11,17H,3,5,9,12-14H2,1H3,(H,25,26)/t17-/m1/s1. The van der Waals surface area contributed by atoms with Crippen LogP contribution in [0.1, 0.15) is 36.0 Å². The van der Waals surface area contributed by atoms with Gasteiger partial charge in [-0.15, -0.1) is 0 Å². The predicted molar refractivity (Wildman–Crippen MR) is 117 cm³/mol. The average molecular weight is 432 g/mol. The summed E-state index contributed by atoms with van der Waals surface area (Å²) in [6.45, 7) is 3.56. The van der Waals surface area contributed by atoms with Crippen LogP contribution in [0.2, 0.25) is 0 Å². The summed E-state index contributed by atoms with van der Waals surface area (Å²) in [5.41, 5.74) is 3.81. The number of likely N-dealkylation sites (tertiary alicyclic amines) is 1. The predicted octanol–water partition coefficient (Wildman–Crippen LogP) is 3.24. The quantitative estimate of drug-likeness (QED) is 0.498. The Bertz CT molecular complexity index is 1220. The van der Waals surface area contributed by atoms with Gasteiger partial charge in [-0.05, 0) is 49.6 Å². The van der Waals surface area contributed by atoms with Gasteiger partial charge in [0, 0.05) is 31.4 Å². The molecule has 0 radical (unpaired) electrons. The Morgan fingerprint density at radius 3 is 3.12 bits per heavy atom. The molecule has 9 nitrogen and oxygen atoms in total. The summed E-state index contributed by atoms with van der Waals surface area (Å²) in [5, 5.41) is 4.14. The number of imidazole rings is 1. The van der Waals surface area contributed by atoms with E-state index in [4.69, 9.17) is 9.26 Å². The van der Waals surface area contributed by atoms with Gasteiger partial charge in [0.2, 0.25) is 5.91 Å². The van der Waals surface area contributed by atoms with Gasteiger partial charge < -0.3 is 19.1 Å². The molecule has 1 atom stereocenters. The van der Waals surface area contributed by atoms with E-state index in [0.29, 0.717) is 30.6 Å². The topological polar surface area (TPSA) is 110 Å². The number of piperidine rings is 1. The lowest BCUT2D eigenvalue weighted by molar-refractivity contribution is -0.137. The molecule has 5 rings (SSSR count). The minimum Gasteiger partial charge on any atom is -0.364 e. The third-order valence-corrected chi connectivity index (χ3v) is 5.64. The van der Waals surface area contributed by atoms with E-state index in [9.17, 15) is 4.79 Å². The number of amides is 1. The zero-order valence-corrected chi connectivity index (χ0v) is 17.8. The number of ether oxygens (including phenoxy) is 1. The molecule has 4 heterocycles. The summed E-state index contributed by atoms with van der Waals surface area (Å²) in [5.74, 6) is 1.78. The minimum absolute atomic E-state index is 0.00989. The second-order valence-electron chi connectivity index (χ2n) is 8.08. The van der Waals surface area contributed by atoms with Gasteiger partial charge in [-0.1, -0.05) is 11.2 Å². The maximum Gasteiger partial charge on any atom is 0.259 e.